The highest BCUT2D eigenvalue weighted by Gasteiger charge is 2.48. The van der Waals surface area contributed by atoms with Crippen molar-refractivity contribution < 1.29 is 9.53 Å². The molecule has 1 atom stereocenters. The van der Waals surface area contributed by atoms with Gasteiger partial charge in [0, 0.05) is 48.9 Å². The highest BCUT2D eigenvalue weighted by molar-refractivity contribution is 6.36. The summed E-state index contributed by atoms with van der Waals surface area (Å²) in [4.78, 5) is 29.4. The number of hydrogen-bond donors (Lipinski definition) is 1. The van der Waals surface area contributed by atoms with E-state index in [4.69, 9.17) is 26.3 Å². The number of likely N-dealkylation sites (tertiary alicyclic amines) is 1. The summed E-state index contributed by atoms with van der Waals surface area (Å²) in [6, 6.07) is 13.3. The Kier molecular flexibility index (Phi) is 6.27. The first-order chi connectivity index (χ1) is 19.0. The van der Waals surface area contributed by atoms with Gasteiger partial charge in [-0.2, -0.15) is 9.97 Å². The van der Waals surface area contributed by atoms with E-state index in [1.54, 1.807) is 0 Å². The van der Waals surface area contributed by atoms with E-state index in [-0.39, 0.29) is 11.3 Å². The van der Waals surface area contributed by atoms with Gasteiger partial charge in [0.1, 0.15) is 12.4 Å². The van der Waals surface area contributed by atoms with Crippen molar-refractivity contribution in [1.29, 1.82) is 0 Å². The number of likely N-dealkylation sites (N-methyl/N-ethyl adjacent to an activating group) is 1. The first-order valence-electron chi connectivity index (χ1n) is 14.2. The summed E-state index contributed by atoms with van der Waals surface area (Å²) in [5.74, 6) is 1.20. The lowest BCUT2D eigenvalue weighted by Gasteiger charge is -2.47. The van der Waals surface area contributed by atoms with Crippen LogP contribution in [0.5, 0.6) is 6.01 Å². The summed E-state index contributed by atoms with van der Waals surface area (Å²) in [7, 11) is 2.16. The molecule has 4 aliphatic rings. The number of piperidine rings is 1. The number of fused-ring (bicyclic) bond motifs is 2. The van der Waals surface area contributed by atoms with Crippen LogP contribution in [-0.2, 0) is 17.8 Å². The number of β-lactam (4-membered cyclic amide) rings is 1. The van der Waals surface area contributed by atoms with Gasteiger partial charge in [0.05, 0.1) is 22.7 Å². The van der Waals surface area contributed by atoms with Crippen LogP contribution < -0.4 is 19.9 Å². The molecule has 9 heteroatoms. The SMILES string of the molecule is CN1CCCC1COc1nc2c(c(N3CCC4(CC3)CNC4=O)n1)CCN(c1cccc3cccc(Cl)c13)C2. The minimum atomic E-state index is -0.180. The fourth-order valence-electron chi connectivity index (χ4n) is 6.78. The molecule has 4 aliphatic heterocycles. The Balaban J connectivity index is 1.20. The third kappa shape index (κ3) is 4.38. The lowest BCUT2D eigenvalue weighted by molar-refractivity contribution is -0.141. The maximum atomic E-state index is 12.3. The molecule has 3 fully saturated rings. The van der Waals surface area contributed by atoms with Gasteiger partial charge in [-0.25, -0.2) is 0 Å². The fraction of sp³-hybridized carbons (Fsp3) is 0.500. The number of aromatic nitrogens is 2. The van der Waals surface area contributed by atoms with Crippen molar-refractivity contribution in [1.82, 2.24) is 20.2 Å². The van der Waals surface area contributed by atoms with Gasteiger partial charge in [-0.3, -0.25) is 4.79 Å². The molecule has 39 heavy (non-hydrogen) atoms. The van der Waals surface area contributed by atoms with Crippen LogP contribution in [0.4, 0.5) is 11.5 Å². The lowest BCUT2D eigenvalue weighted by atomic mass is 9.72. The minimum Gasteiger partial charge on any atom is -0.462 e. The Morgan fingerprint density at radius 1 is 1.08 bits per heavy atom. The Morgan fingerprint density at radius 2 is 1.90 bits per heavy atom. The second kappa shape index (κ2) is 9.82. The molecule has 1 unspecified atom stereocenters. The predicted octanol–water partition coefficient (Wildman–Crippen LogP) is 4.04. The van der Waals surface area contributed by atoms with E-state index >= 15 is 0 Å². The standard InChI is InChI=1S/C30H35ClN6O2/c1-35-13-4-7-21(35)18-39-29-33-24-17-37(25-9-3-6-20-5-2-8-23(31)26(20)25)14-10-22(24)27(34-29)36-15-11-30(12-16-36)19-32-28(30)38/h2-3,5-6,8-9,21H,4,7,10-19H2,1H3,(H,32,38). The Labute approximate surface area is 234 Å². The zero-order valence-electron chi connectivity index (χ0n) is 22.5. The van der Waals surface area contributed by atoms with E-state index in [9.17, 15) is 4.79 Å². The van der Waals surface area contributed by atoms with Crippen molar-refractivity contribution in [3.8, 4) is 6.01 Å². The van der Waals surface area contributed by atoms with Crippen LogP contribution in [0, 0.1) is 5.41 Å². The molecule has 3 aromatic rings. The minimum absolute atomic E-state index is 0.180. The summed E-state index contributed by atoms with van der Waals surface area (Å²) in [6.45, 7) is 5.69. The number of hydrogen-bond acceptors (Lipinski definition) is 7. The van der Waals surface area contributed by atoms with Gasteiger partial charge >= 0.3 is 6.01 Å². The number of carbonyl (C=O) groups is 1. The number of amides is 1. The van der Waals surface area contributed by atoms with E-state index in [1.165, 1.54) is 12.0 Å². The molecule has 1 N–H and O–H groups in total. The van der Waals surface area contributed by atoms with E-state index in [1.807, 2.05) is 12.1 Å². The molecule has 8 nitrogen and oxygen atoms in total. The van der Waals surface area contributed by atoms with E-state index < -0.39 is 0 Å². The molecule has 7 rings (SSSR count). The number of benzene rings is 2. The van der Waals surface area contributed by atoms with Crippen LogP contribution in [0.2, 0.25) is 5.02 Å². The van der Waals surface area contributed by atoms with Gasteiger partial charge in [0.25, 0.3) is 0 Å². The number of halogens is 1. The first kappa shape index (κ1) is 24.9. The van der Waals surface area contributed by atoms with Gasteiger partial charge in [0.15, 0.2) is 0 Å². The second-order valence-corrected chi connectivity index (χ2v) is 12.0. The Morgan fingerprint density at radius 3 is 2.62 bits per heavy atom. The Hall–Kier alpha value is -3.10. The van der Waals surface area contributed by atoms with Gasteiger partial charge in [-0.15, -0.1) is 0 Å². The van der Waals surface area contributed by atoms with Crippen molar-refractivity contribution in [3.05, 3.63) is 52.7 Å². The number of rotatable bonds is 5. The Bertz CT molecular complexity index is 1420. The molecule has 0 bridgehead atoms. The average molecular weight is 547 g/mol. The number of carbonyl (C=O) groups excluding carboxylic acids is 1. The average Bonchev–Trinajstić information content (AvgIpc) is 3.38. The highest BCUT2D eigenvalue weighted by atomic mass is 35.5. The lowest BCUT2D eigenvalue weighted by Crippen LogP contribution is -2.62. The molecule has 1 aromatic heterocycles. The van der Waals surface area contributed by atoms with Crippen molar-refractivity contribution in [2.24, 2.45) is 5.41 Å². The van der Waals surface area contributed by atoms with E-state index in [0.29, 0.717) is 25.2 Å². The van der Waals surface area contributed by atoms with Crippen molar-refractivity contribution in [3.63, 3.8) is 0 Å². The highest BCUT2D eigenvalue weighted by Crippen LogP contribution is 2.40. The van der Waals surface area contributed by atoms with Crippen LogP contribution in [0.15, 0.2) is 36.4 Å². The number of nitrogens with one attached hydrogen (secondary N) is 1. The summed E-state index contributed by atoms with van der Waals surface area (Å²) in [5, 5.41) is 5.94. The summed E-state index contributed by atoms with van der Waals surface area (Å²) < 4.78 is 6.28. The maximum Gasteiger partial charge on any atom is 0.318 e. The first-order valence-corrected chi connectivity index (χ1v) is 14.6. The normalized spacial score (nSPS) is 22.6. The smallest absolute Gasteiger partial charge is 0.318 e. The van der Waals surface area contributed by atoms with Crippen molar-refractivity contribution in [2.75, 3.05) is 56.2 Å². The predicted molar refractivity (Wildman–Crippen MR) is 154 cm³/mol. The van der Waals surface area contributed by atoms with Crippen LogP contribution in [-0.4, -0.2) is 73.2 Å². The van der Waals surface area contributed by atoms with Gasteiger partial charge in [-0.05, 0) is 63.2 Å². The molecule has 0 radical (unpaired) electrons. The fourth-order valence-corrected chi connectivity index (χ4v) is 7.06. The monoisotopic (exact) mass is 546 g/mol. The molecular weight excluding hydrogens is 512 g/mol. The molecule has 5 heterocycles. The van der Waals surface area contributed by atoms with Crippen LogP contribution in [0.25, 0.3) is 10.8 Å². The molecule has 3 saturated heterocycles. The van der Waals surface area contributed by atoms with Gasteiger partial charge in [-0.1, -0.05) is 35.9 Å². The maximum absolute atomic E-state index is 12.3. The second-order valence-electron chi connectivity index (χ2n) is 11.6. The zero-order valence-corrected chi connectivity index (χ0v) is 23.2. The summed E-state index contributed by atoms with van der Waals surface area (Å²) >= 11 is 6.69. The molecule has 204 valence electrons. The summed E-state index contributed by atoms with van der Waals surface area (Å²) in [6.07, 6.45) is 4.91. The number of anilines is 2. The zero-order chi connectivity index (χ0) is 26.6. The van der Waals surface area contributed by atoms with Gasteiger partial charge in [0.2, 0.25) is 5.91 Å². The number of nitrogens with zero attached hydrogens (tertiary/aromatic N) is 5. The van der Waals surface area contributed by atoms with Crippen LogP contribution in [0.3, 0.4) is 0 Å². The molecule has 0 aliphatic carbocycles. The number of ether oxygens (including phenoxy) is 1. The van der Waals surface area contributed by atoms with Crippen LogP contribution >= 0.6 is 11.6 Å². The van der Waals surface area contributed by atoms with Gasteiger partial charge < -0.3 is 24.8 Å². The van der Waals surface area contributed by atoms with E-state index in [0.717, 1.165) is 91.4 Å². The largest absolute Gasteiger partial charge is 0.462 e. The van der Waals surface area contributed by atoms with Crippen LogP contribution in [0.1, 0.15) is 36.9 Å². The quantitative estimate of drug-likeness (QED) is 0.484. The molecular formula is C30H35ClN6O2. The topological polar surface area (TPSA) is 73.8 Å². The molecule has 2 aromatic carbocycles. The van der Waals surface area contributed by atoms with Crippen molar-refractivity contribution >= 4 is 39.8 Å². The van der Waals surface area contributed by atoms with E-state index in [2.05, 4.69) is 51.3 Å². The molecule has 1 amide bonds. The molecule has 1 spiro atoms. The third-order valence-electron chi connectivity index (χ3n) is 9.36. The summed E-state index contributed by atoms with van der Waals surface area (Å²) in [5.41, 5.74) is 3.18. The van der Waals surface area contributed by atoms with Crippen molar-refractivity contribution in [2.45, 2.75) is 44.7 Å². The molecule has 0 saturated carbocycles. The third-order valence-corrected chi connectivity index (χ3v) is 9.68.